The molecule has 0 heterocycles. The number of methoxy groups -OCH3 is 2. The summed E-state index contributed by atoms with van der Waals surface area (Å²) >= 11 is 0. The van der Waals surface area contributed by atoms with Gasteiger partial charge in [0.1, 0.15) is 5.75 Å². The average molecular weight is 322 g/mol. The van der Waals surface area contributed by atoms with Gasteiger partial charge in [-0.25, -0.2) is 0 Å². The summed E-state index contributed by atoms with van der Waals surface area (Å²) < 4.78 is 9.92. The highest BCUT2D eigenvalue weighted by atomic mass is 16.5. The van der Waals surface area contributed by atoms with Gasteiger partial charge in [-0.2, -0.15) is 0 Å². The molecule has 1 rings (SSSR count). The van der Waals surface area contributed by atoms with E-state index in [-0.39, 0.29) is 17.8 Å². The molecule has 0 radical (unpaired) electrons. The molecule has 1 atom stereocenters. The molecule has 0 saturated heterocycles. The maximum absolute atomic E-state index is 12.8. The molecule has 0 spiro atoms. The first-order chi connectivity index (χ1) is 10.9. The van der Waals surface area contributed by atoms with Crippen molar-refractivity contribution in [2.24, 2.45) is 5.92 Å². The number of rotatable bonds is 8. The number of likely N-dealkylation sites (N-methyl/N-ethyl adjacent to an activating group) is 1. The van der Waals surface area contributed by atoms with Gasteiger partial charge >= 0.3 is 5.97 Å². The van der Waals surface area contributed by atoms with E-state index in [9.17, 15) is 9.59 Å². The van der Waals surface area contributed by atoms with Crippen LogP contribution in [-0.4, -0.2) is 69.6 Å². The third-order valence-electron chi connectivity index (χ3n) is 3.52. The van der Waals surface area contributed by atoms with E-state index >= 15 is 0 Å². The second-order valence-electron chi connectivity index (χ2n) is 5.71. The van der Waals surface area contributed by atoms with Crippen LogP contribution in [0.1, 0.15) is 17.3 Å². The zero-order valence-corrected chi connectivity index (χ0v) is 14.5. The van der Waals surface area contributed by atoms with Crippen LogP contribution in [0.15, 0.2) is 24.3 Å². The molecule has 0 saturated carbocycles. The molecule has 0 aromatic heterocycles. The summed E-state index contributed by atoms with van der Waals surface area (Å²) in [4.78, 5) is 28.1. The lowest BCUT2D eigenvalue weighted by atomic mass is 10.1. The minimum atomic E-state index is -0.378. The van der Waals surface area contributed by atoms with Crippen molar-refractivity contribution in [3.05, 3.63) is 29.8 Å². The quantitative estimate of drug-likeness (QED) is 0.679. The van der Waals surface area contributed by atoms with Gasteiger partial charge in [0.15, 0.2) is 0 Å². The lowest BCUT2D eigenvalue weighted by Crippen LogP contribution is -2.41. The van der Waals surface area contributed by atoms with Gasteiger partial charge in [-0.05, 0) is 32.3 Å². The van der Waals surface area contributed by atoms with E-state index in [0.717, 1.165) is 0 Å². The maximum Gasteiger partial charge on any atom is 0.310 e. The summed E-state index contributed by atoms with van der Waals surface area (Å²) in [6.45, 7) is 3.32. The van der Waals surface area contributed by atoms with Crippen molar-refractivity contribution in [3.8, 4) is 5.75 Å². The van der Waals surface area contributed by atoms with E-state index < -0.39 is 0 Å². The summed E-state index contributed by atoms with van der Waals surface area (Å²) in [5.74, 6) is -0.194. The highest BCUT2D eigenvalue weighted by Gasteiger charge is 2.22. The fourth-order valence-electron chi connectivity index (χ4n) is 2.14. The van der Waals surface area contributed by atoms with Crippen molar-refractivity contribution in [1.29, 1.82) is 0 Å². The van der Waals surface area contributed by atoms with E-state index in [1.165, 1.54) is 7.11 Å². The molecule has 1 aromatic carbocycles. The van der Waals surface area contributed by atoms with Gasteiger partial charge in [-0.1, -0.05) is 13.0 Å². The number of carbonyl (C=O) groups is 2. The van der Waals surface area contributed by atoms with E-state index in [4.69, 9.17) is 9.47 Å². The van der Waals surface area contributed by atoms with Gasteiger partial charge in [0.2, 0.25) is 0 Å². The first kappa shape index (κ1) is 19.0. The van der Waals surface area contributed by atoms with Gasteiger partial charge < -0.3 is 19.3 Å². The predicted octanol–water partition coefficient (Wildman–Crippen LogP) is 1.51. The number of esters is 1. The Hall–Kier alpha value is -2.08. The summed E-state index contributed by atoms with van der Waals surface area (Å²) in [5.41, 5.74) is 0.542. The minimum absolute atomic E-state index is 0.124. The van der Waals surface area contributed by atoms with Gasteiger partial charge in [0, 0.05) is 25.2 Å². The molecule has 0 aliphatic heterocycles. The lowest BCUT2D eigenvalue weighted by molar-refractivity contribution is -0.145. The first-order valence-corrected chi connectivity index (χ1v) is 7.55. The van der Waals surface area contributed by atoms with E-state index in [1.54, 1.807) is 43.2 Å². The lowest BCUT2D eigenvalue weighted by Gasteiger charge is -2.26. The molecule has 0 aliphatic carbocycles. The Balaban J connectivity index is 2.92. The van der Waals surface area contributed by atoms with E-state index in [1.807, 2.05) is 19.0 Å². The van der Waals surface area contributed by atoms with Gasteiger partial charge in [0.25, 0.3) is 5.91 Å². The van der Waals surface area contributed by atoms with Crippen molar-refractivity contribution >= 4 is 11.9 Å². The highest BCUT2D eigenvalue weighted by molar-refractivity contribution is 5.94. The summed E-state index contributed by atoms with van der Waals surface area (Å²) in [6, 6.07) is 7.02. The monoisotopic (exact) mass is 322 g/mol. The zero-order valence-electron chi connectivity index (χ0n) is 14.5. The van der Waals surface area contributed by atoms with Crippen LogP contribution in [0.2, 0.25) is 0 Å². The van der Waals surface area contributed by atoms with Gasteiger partial charge in [-0.15, -0.1) is 0 Å². The highest BCUT2D eigenvalue weighted by Crippen LogP contribution is 2.15. The fraction of sp³-hybridized carbons (Fsp3) is 0.529. The smallest absolute Gasteiger partial charge is 0.310 e. The number of nitrogens with zero attached hydrogens (tertiary/aromatic N) is 2. The number of hydrogen-bond donors (Lipinski definition) is 0. The van der Waals surface area contributed by atoms with Crippen LogP contribution in [0.4, 0.5) is 0 Å². The topological polar surface area (TPSA) is 59.1 Å². The van der Waals surface area contributed by atoms with Crippen LogP contribution in [0.25, 0.3) is 0 Å². The van der Waals surface area contributed by atoms with Crippen molar-refractivity contribution in [1.82, 2.24) is 9.80 Å². The van der Waals surface area contributed by atoms with E-state index in [0.29, 0.717) is 30.9 Å². The third kappa shape index (κ3) is 5.90. The Bertz CT molecular complexity index is 531. The largest absolute Gasteiger partial charge is 0.497 e. The molecule has 6 nitrogen and oxygen atoms in total. The molecule has 6 heteroatoms. The van der Waals surface area contributed by atoms with Crippen LogP contribution in [0.3, 0.4) is 0 Å². The van der Waals surface area contributed by atoms with Crippen LogP contribution >= 0.6 is 0 Å². The Morgan fingerprint density at radius 1 is 1.17 bits per heavy atom. The van der Waals surface area contributed by atoms with Crippen LogP contribution in [0, 0.1) is 5.92 Å². The second-order valence-corrected chi connectivity index (χ2v) is 5.71. The molecular formula is C17H26N2O4. The Morgan fingerprint density at radius 2 is 1.87 bits per heavy atom. The molecule has 0 aliphatic rings. The number of ether oxygens (including phenoxy) is 2. The molecule has 23 heavy (non-hydrogen) atoms. The molecular weight excluding hydrogens is 296 g/mol. The molecule has 1 unspecified atom stereocenters. The van der Waals surface area contributed by atoms with Crippen molar-refractivity contribution in [2.45, 2.75) is 6.92 Å². The SMILES string of the molecule is COC(=O)C(C)CN(CCN(C)C)C(=O)c1cccc(OC)c1. The Labute approximate surface area is 138 Å². The van der Waals surface area contributed by atoms with Crippen molar-refractivity contribution < 1.29 is 19.1 Å². The molecule has 0 N–H and O–H groups in total. The third-order valence-corrected chi connectivity index (χ3v) is 3.52. The van der Waals surface area contributed by atoms with Crippen LogP contribution in [0.5, 0.6) is 5.75 Å². The Kier molecular flexibility index (Phi) is 7.54. The van der Waals surface area contributed by atoms with Gasteiger partial charge in [0.05, 0.1) is 20.1 Å². The molecule has 0 bridgehead atoms. The molecule has 1 amide bonds. The number of benzene rings is 1. The maximum atomic E-state index is 12.8. The van der Waals surface area contributed by atoms with Crippen LogP contribution in [-0.2, 0) is 9.53 Å². The standard InChI is InChI=1S/C17H26N2O4/c1-13(17(21)23-5)12-19(10-9-18(2)3)16(20)14-7-6-8-15(11-14)22-4/h6-8,11,13H,9-10,12H2,1-5H3. The normalized spacial score (nSPS) is 11.9. The summed E-state index contributed by atoms with van der Waals surface area (Å²) in [6.07, 6.45) is 0. The fourth-order valence-corrected chi connectivity index (χ4v) is 2.14. The minimum Gasteiger partial charge on any atom is -0.497 e. The first-order valence-electron chi connectivity index (χ1n) is 7.55. The van der Waals surface area contributed by atoms with Gasteiger partial charge in [-0.3, -0.25) is 9.59 Å². The molecule has 0 fully saturated rings. The zero-order chi connectivity index (χ0) is 17.4. The number of carbonyl (C=O) groups excluding carboxylic acids is 2. The molecule has 128 valence electrons. The van der Waals surface area contributed by atoms with Crippen molar-refractivity contribution in [2.75, 3.05) is 47.9 Å². The van der Waals surface area contributed by atoms with Crippen molar-refractivity contribution in [3.63, 3.8) is 0 Å². The Morgan fingerprint density at radius 3 is 2.43 bits per heavy atom. The van der Waals surface area contributed by atoms with Crippen LogP contribution < -0.4 is 4.74 Å². The average Bonchev–Trinajstić information content (AvgIpc) is 2.56. The number of amides is 1. The second kappa shape index (κ2) is 9.15. The summed E-state index contributed by atoms with van der Waals surface area (Å²) in [7, 11) is 6.80. The number of hydrogen-bond acceptors (Lipinski definition) is 5. The summed E-state index contributed by atoms with van der Waals surface area (Å²) in [5, 5.41) is 0. The predicted molar refractivity (Wildman–Crippen MR) is 88.6 cm³/mol. The molecule has 1 aromatic rings. The van der Waals surface area contributed by atoms with E-state index in [2.05, 4.69) is 0 Å².